The zero-order valence-electron chi connectivity index (χ0n) is 34.2. The molecular formula is C58H39ClN4. The van der Waals surface area contributed by atoms with Gasteiger partial charge in [0.15, 0.2) is 0 Å². The zero-order valence-corrected chi connectivity index (χ0v) is 34.9. The van der Waals surface area contributed by atoms with Gasteiger partial charge in [0.2, 0.25) is 0 Å². The van der Waals surface area contributed by atoms with Crippen LogP contribution in [0.2, 0.25) is 5.02 Å². The number of halogens is 1. The lowest BCUT2D eigenvalue weighted by Gasteiger charge is -2.28. The summed E-state index contributed by atoms with van der Waals surface area (Å²) in [7, 11) is 0. The molecular weight excluding hydrogens is 788 g/mol. The van der Waals surface area contributed by atoms with Crippen LogP contribution in [-0.4, -0.2) is 9.13 Å². The summed E-state index contributed by atoms with van der Waals surface area (Å²) in [6.07, 6.45) is 4.37. The van der Waals surface area contributed by atoms with Crippen LogP contribution in [0, 0.1) is 0 Å². The lowest BCUT2D eigenvalue weighted by Crippen LogP contribution is -2.11. The van der Waals surface area contributed by atoms with Crippen molar-refractivity contribution >= 4 is 99.8 Å². The summed E-state index contributed by atoms with van der Waals surface area (Å²) in [6.45, 7) is 0. The number of rotatable bonds is 8. The van der Waals surface area contributed by atoms with E-state index in [1.807, 2.05) is 0 Å². The van der Waals surface area contributed by atoms with Crippen LogP contribution in [-0.2, 0) is 0 Å². The maximum Gasteiger partial charge on any atom is 0.0893 e. The van der Waals surface area contributed by atoms with E-state index < -0.39 is 0 Å². The highest BCUT2D eigenvalue weighted by Gasteiger charge is 2.25. The van der Waals surface area contributed by atoms with E-state index in [4.69, 9.17) is 11.6 Å². The van der Waals surface area contributed by atoms with Gasteiger partial charge in [-0.05, 0) is 95.0 Å². The SMILES string of the molecule is Clc1c(-n2ccc3c(N(c4ccccc4)c4ccccc4)c4ccccc4cc32)cc2ccccc2c1-n1ccc2c(N(c3ccccc3)c3ccccc3)c3ccccc3cc21. The summed E-state index contributed by atoms with van der Waals surface area (Å²) in [6, 6.07) is 79.9. The Morgan fingerprint density at radius 1 is 0.317 bits per heavy atom. The van der Waals surface area contributed by atoms with Crippen LogP contribution in [0.1, 0.15) is 0 Å². The summed E-state index contributed by atoms with van der Waals surface area (Å²) in [5.41, 5.74) is 10.6. The first-order valence-corrected chi connectivity index (χ1v) is 21.7. The Bertz CT molecular complexity index is 3560. The summed E-state index contributed by atoms with van der Waals surface area (Å²) < 4.78 is 4.57. The molecule has 0 radical (unpaired) electrons. The van der Waals surface area contributed by atoms with Crippen LogP contribution in [0.25, 0.3) is 65.5 Å². The first-order chi connectivity index (χ1) is 31.2. The Morgan fingerprint density at radius 3 is 1.11 bits per heavy atom. The maximum absolute atomic E-state index is 7.93. The monoisotopic (exact) mass is 826 g/mol. The van der Waals surface area contributed by atoms with Crippen LogP contribution < -0.4 is 9.80 Å². The number of anilines is 6. The maximum atomic E-state index is 7.93. The van der Waals surface area contributed by atoms with Crippen molar-refractivity contribution in [3.8, 4) is 11.4 Å². The Balaban J connectivity index is 1.12. The van der Waals surface area contributed by atoms with Crippen molar-refractivity contribution in [3.05, 3.63) is 242 Å². The minimum atomic E-state index is 0.666. The highest BCUT2D eigenvalue weighted by Crippen LogP contribution is 2.48. The third-order valence-corrected chi connectivity index (χ3v) is 12.7. The predicted molar refractivity (Wildman–Crippen MR) is 267 cm³/mol. The Kier molecular flexibility index (Phi) is 8.84. The molecule has 0 fully saturated rings. The molecule has 0 aliphatic heterocycles. The Hall–Kier alpha value is -8.05. The van der Waals surface area contributed by atoms with Crippen molar-refractivity contribution in [3.63, 3.8) is 0 Å². The Morgan fingerprint density at radius 2 is 0.667 bits per heavy atom. The molecule has 63 heavy (non-hydrogen) atoms. The lowest BCUT2D eigenvalue weighted by atomic mass is 10.0. The number of hydrogen-bond donors (Lipinski definition) is 0. The molecule has 0 aliphatic carbocycles. The second-order valence-electron chi connectivity index (χ2n) is 15.9. The highest BCUT2D eigenvalue weighted by atomic mass is 35.5. The van der Waals surface area contributed by atoms with Gasteiger partial charge in [-0.25, -0.2) is 0 Å². The van der Waals surface area contributed by atoms with E-state index in [1.54, 1.807) is 0 Å². The van der Waals surface area contributed by atoms with E-state index in [9.17, 15) is 0 Å². The smallest absolute Gasteiger partial charge is 0.0893 e. The number of nitrogens with zero attached hydrogens (tertiary/aromatic N) is 4. The fourth-order valence-corrected chi connectivity index (χ4v) is 9.89. The number of fused-ring (bicyclic) bond motifs is 5. The van der Waals surface area contributed by atoms with Crippen LogP contribution >= 0.6 is 11.6 Å². The molecule has 0 spiro atoms. The summed E-state index contributed by atoms with van der Waals surface area (Å²) in [5, 5.41) is 9.71. The van der Waals surface area contributed by atoms with E-state index in [2.05, 4.69) is 256 Å². The molecule has 0 amide bonds. The molecule has 2 aromatic heterocycles. The van der Waals surface area contributed by atoms with Crippen LogP contribution in [0.15, 0.2) is 237 Å². The van der Waals surface area contributed by atoms with Gasteiger partial charge in [0, 0.05) is 62.1 Å². The molecule has 10 aromatic carbocycles. The van der Waals surface area contributed by atoms with Crippen molar-refractivity contribution in [2.24, 2.45) is 0 Å². The van der Waals surface area contributed by atoms with Gasteiger partial charge in [-0.3, -0.25) is 0 Å². The van der Waals surface area contributed by atoms with E-state index in [0.717, 1.165) is 88.8 Å². The Labute approximate surface area is 370 Å². The molecule has 0 saturated carbocycles. The minimum Gasteiger partial charge on any atom is -0.315 e. The summed E-state index contributed by atoms with van der Waals surface area (Å²) in [4.78, 5) is 4.76. The van der Waals surface area contributed by atoms with Gasteiger partial charge in [0.05, 0.1) is 38.8 Å². The third kappa shape index (κ3) is 6.06. The molecule has 0 unspecified atom stereocenters. The van der Waals surface area contributed by atoms with E-state index in [-0.39, 0.29) is 0 Å². The number of hydrogen-bond acceptors (Lipinski definition) is 2. The molecule has 12 rings (SSSR count). The fourth-order valence-electron chi connectivity index (χ4n) is 9.56. The van der Waals surface area contributed by atoms with Crippen molar-refractivity contribution in [1.29, 1.82) is 0 Å². The fraction of sp³-hybridized carbons (Fsp3) is 0. The van der Waals surface area contributed by atoms with Gasteiger partial charge in [-0.1, -0.05) is 157 Å². The molecule has 0 saturated heterocycles. The molecule has 0 N–H and O–H groups in total. The summed E-state index contributed by atoms with van der Waals surface area (Å²) >= 11 is 7.93. The van der Waals surface area contributed by atoms with Gasteiger partial charge >= 0.3 is 0 Å². The number of aromatic nitrogens is 2. The predicted octanol–water partition coefficient (Wildman–Crippen LogP) is 16.6. The van der Waals surface area contributed by atoms with Crippen LogP contribution in [0.4, 0.5) is 34.1 Å². The summed E-state index contributed by atoms with van der Waals surface area (Å²) in [5.74, 6) is 0. The van der Waals surface area contributed by atoms with Gasteiger partial charge in [-0.2, -0.15) is 0 Å². The molecule has 12 aromatic rings. The molecule has 0 bridgehead atoms. The van der Waals surface area contributed by atoms with Crippen molar-refractivity contribution in [1.82, 2.24) is 9.13 Å². The van der Waals surface area contributed by atoms with E-state index in [1.165, 1.54) is 10.8 Å². The molecule has 4 nitrogen and oxygen atoms in total. The highest BCUT2D eigenvalue weighted by molar-refractivity contribution is 6.36. The zero-order chi connectivity index (χ0) is 41.9. The average molecular weight is 827 g/mol. The first-order valence-electron chi connectivity index (χ1n) is 21.3. The molecule has 2 heterocycles. The van der Waals surface area contributed by atoms with Crippen molar-refractivity contribution in [2.75, 3.05) is 9.80 Å². The third-order valence-electron chi connectivity index (χ3n) is 12.3. The standard InChI is InChI=1S/C58H39ClN4/c59-55-54(60-35-33-50-52(60)37-40-19-13-16-30-47(40)56(50)62(43-22-5-1-6-23-43)44-24-7-2-8-25-44)39-42-21-15-18-32-49(42)58(55)61-36-34-51-53(61)38-41-20-14-17-31-48(41)57(51)63(45-26-9-3-10-27-45)46-28-11-4-12-29-46/h1-39H. The first kappa shape index (κ1) is 36.8. The normalized spacial score (nSPS) is 11.6. The van der Waals surface area contributed by atoms with Crippen molar-refractivity contribution in [2.45, 2.75) is 0 Å². The topological polar surface area (TPSA) is 16.3 Å². The average Bonchev–Trinajstić information content (AvgIpc) is 3.96. The number of benzene rings is 10. The molecule has 298 valence electrons. The lowest BCUT2D eigenvalue weighted by molar-refractivity contribution is 1.10. The second kappa shape index (κ2) is 15.1. The van der Waals surface area contributed by atoms with Crippen LogP contribution in [0.3, 0.4) is 0 Å². The van der Waals surface area contributed by atoms with E-state index in [0.29, 0.717) is 5.02 Å². The van der Waals surface area contributed by atoms with Gasteiger partial charge < -0.3 is 18.9 Å². The minimum absolute atomic E-state index is 0.666. The van der Waals surface area contributed by atoms with E-state index >= 15 is 0 Å². The quantitative estimate of drug-likeness (QED) is 0.152. The largest absolute Gasteiger partial charge is 0.315 e. The van der Waals surface area contributed by atoms with Gasteiger partial charge in [0.25, 0.3) is 0 Å². The molecule has 0 atom stereocenters. The molecule has 0 aliphatic rings. The van der Waals surface area contributed by atoms with Crippen molar-refractivity contribution < 1.29 is 0 Å². The number of para-hydroxylation sites is 4. The van der Waals surface area contributed by atoms with Gasteiger partial charge in [0.1, 0.15) is 0 Å². The molecule has 5 heteroatoms. The van der Waals surface area contributed by atoms with Gasteiger partial charge in [-0.15, -0.1) is 0 Å². The van der Waals surface area contributed by atoms with Crippen LogP contribution in [0.5, 0.6) is 0 Å². The second-order valence-corrected chi connectivity index (χ2v) is 16.3.